The van der Waals surface area contributed by atoms with Gasteiger partial charge in [0, 0.05) is 18.9 Å². The number of benzene rings is 1. The van der Waals surface area contributed by atoms with Crippen molar-refractivity contribution in [3.8, 4) is 0 Å². The molecule has 3 aliphatic rings. The smallest absolute Gasteiger partial charge is 0.347 e. The number of hydrogen-bond acceptors (Lipinski definition) is 5. The fraction of sp³-hybridized carbons (Fsp3) is 0.444. The molecule has 2 amide bonds. The van der Waals surface area contributed by atoms with Crippen molar-refractivity contribution in [3.05, 3.63) is 71.8 Å². The van der Waals surface area contributed by atoms with Crippen molar-refractivity contribution >= 4 is 21.7 Å². The molecule has 2 saturated carbocycles. The predicted octanol–water partition coefficient (Wildman–Crippen LogP) is 4.46. The summed E-state index contributed by atoms with van der Waals surface area (Å²) < 4.78 is 78.7. The molecule has 5 rings (SSSR count). The maximum atomic E-state index is 14.3. The number of alkyl halides is 3. The minimum absolute atomic E-state index is 0.0304. The second-order valence-electron chi connectivity index (χ2n) is 10.4. The fourth-order valence-electron chi connectivity index (χ4n) is 5.05. The molecular formula is C27H27F4N3O4S. The van der Waals surface area contributed by atoms with E-state index in [1.165, 1.54) is 23.4 Å². The van der Waals surface area contributed by atoms with Gasteiger partial charge in [0.15, 0.2) is 9.84 Å². The van der Waals surface area contributed by atoms with Crippen molar-refractivity contribution in [1.29, 1.82) is 0 Å². The molecule has 2 heterocycles. The number of aromatic nitrogens is 1. The van der Waals surface area contributed by atoms with Crippen molar-refractivity contribution < 1.29 is 35.6 Å². The van der Waals surface area contributed by atoms with Crippen LogP contribution in [0, 0.1) is 17.7 Å². The largest absolute Gasteiger partial charge is 0.419 e. The van der Waals surface area contributed by atoms with E-state index in [-0.39, 0.29) is 40.8 Å². The summed E-state index contributed by atoms with van der Waals surface area (Å²) in [4.78, 5) is 32.2. The molecule has 1 aromatic heterocycles. The van der Waals surface area contributed by atoms with E-state index in [2.05, 4.69) is 16.9 Å². The van der Waals surface area contributed by atoms with Gasteiger partial charge in [-0.3, -0.25) is 14.6 Å². The van der Waals surface area contributed by atoms with Crippen molar-refractivity contribution in [2.75, 3.05) is 6.54 Å². The first kappa shape index (κ1) is 27.3. The van der Waals surface area contributed by atoms with E-state index in [1.54, 1.807) is 6.08 Å². The monoisotopic (exact) mass is 565 g/mol. The maximum Gasteiger partial charge on any atom is 0.419 e. The van der Waals surface area contributed by atoms with Gasteiger partial charge in [0.1, 0.15) is 11.9 Å². The van der Waals surface area contributed by atoms with Crippen molar-refractivity contribution in [3.63, 3.8) is 0 Å². The third-order valence-corrected chi connectivity index (χ3v) is 9.76. The lowest BCUT2D eigenvalue weighted by Gasteiger charge is -2.27. The first-order valence-electron chi connectivity index (χ1n) is 12.7. The summed E-state index contributed by atoms with van der Waals surface area (Å²) in [5.41, 5.74) is -1.13. The molecule has 1 N–H and O–H groups in total. The van der Waals surface area contributed by atoms with Gasteiger partial charge in [0.05, 0.1) is 27.3 Å². The normalized spacial score (nSPS) is 22.4. The van der Waals surface area contributed by atoms with Crippen LogP contribution in [-0.2, 0) is 20.8 Å². The van der Waals surface area contributed by atoms with Gasteiger partial charge in [-0.25, -0.2) is 12.8 Å². The molecule has 2 aliphatic carbocycles. The molecule has 1 aliphatic heterocycles. The Balaban J connectivity index is 1.38. The van der Waals surface area contributed by atoms with Crippen LogP contribution in [0.15, 0.2) is 54.2 Å². The number of likely N-dealkylation sites (tertiary alicyclic amines) is 1. The number of carbonyl (C=O) groups excluding carboxylic acids is 2. The summed E-state index contributed by atoms with van der Waals surface area (Å²) in [6.07, 6.45) is 2.04. The zero-order valence-corrected chi connectivity index (χ0v) is 21.6. The number of rotatable bonds is 8. The van der Waals surface area contributed by atoms with E-state index >= 15 is 0 Å². The third kappa shape index (κ3) is 5.57. The highest BCUT2D eigenvalue weighted by Crippen LogP contribution is 2.43. The number of hydrogen-bond donors (Lipinski definition) is 1. The molecule has 3 atom stereocenters. The lowest BCUT2D eigenvalue weighted by atomic mass is 9.99. The quantitative estimate of drug-likeness (QED) is 0.377. The Morgan fingerprint density at radius 3 is 2.44 bits per heavy atom. The van der Waals surface area contributed by atoms with Gasteiger partial charge in [-0.15, -0.1) is 6.58 Å². The second-order valence-corrected chi connectivity index (χ2v) is 12.6. The molecule has 208 valence electrons. The molecule has 3 fully saturated rings. The van der Waals surface area contributed by atoms with E-state index < -0.39 is 56.5 Å². The van der Waals surface area contributed by atoms with Crippen LogP contribution in [-0.4, -0.2) is 48.0 Å². The average molecular weight is 566 g/mol. The van der Waals surface area contributed by atoms with Crippen LogP contribution in [0.25, 0.3) is 0 Å². The summed E-state index contributed by atoms with van der Waals surface area (Å²) in [6.45, 7) is 3.94. The Hall–Kier alpha value is -3.28. The molecule has 0 spiro atoms. The molecule has 1 saturated heterocycles. The number of amides is 2. The second kappa shape index (κ2) is 10.0. The van der Waals surface area contributed by atoms with Gasteiger partial charge in [-0.2, -0.15) is 13.2 Å². The van der Waals surface area contributed by atoms with Gasteiger partial charge >= 0.3 is 6.18 Å². The molecule has 1 aromatic carbocycles. The highest BCUT2D eigenvalue weighted by Gasteiger charge is 2.43. The first-order valence-corrected chi connectivity index (χ1v) is 14.2. The molecule has 0 unspecified atom stereocenters. The van der Waals surface area contributed by atoms with E-state index in [0.717, 1.165) is 12.1 Å². The standard InChI is InChI=1S/C27H27F4N3O4S/c1-2-15-9-23(34(14-15)26(36)18-10-20(13-32-12-18)39(37,38)19-6-7-19)25(35)33-24(16-3-4-16)17-5-8-21(22(28)11-17)27(29,30)31/h2,5,8,10-13,15-16,19,23-24H,1,3-4,6-7,9,14H2,(H,33,35)/t15-,23-,24-/m1/s1. The van der Waals surface area contributed by atoms with Crippen LogP contribution in [0.3, 0.4) is 0 Å². The van der Waals surface area contributed by atoms with Crippen LogP contribution < -0.4 is 5.32 Å². The summed E-state index contributed by atoms with van der Waals surface area (Å²) >= 11 is 0. The summed E-state index contributed by atoms with van der Waals surface area (Å²) in [5, 5.41) is 2.36. The van der Waals surface area contributed by atoms with Crippen LogP contribution in [0.2, 0.25) is 0 Å². The molecule has 0 bridgehead atoms. The summed E-state index contributed by atoms with van der Waals surface area (Å²) in [6, 6.07) is 2.25. The van der Waals surface area contributed by atoms with Crippen molar-refractivity contribution in [2.45, 2.75) is 60.5 Å². The van der Waals surface area contributed by atoms with Gasteiger partial charge in [0.2, 0.25) is 5.91 Å². The van der Waals surface area contributed by atoms with Gasteiger partial charge in [-0.05, 0) is 67.7 Å². The molecule has 39 heavy (non-hydrogen) atoms. The summed E-state index contributed by atoms with van der Waals surface area (Å²) in [7, 11) is -3.59. The highest BCUT2D eigenvalue weighted by atomic mass is 32.2. The van der Waals surface area contributed by atoms with E-state index in [4.69, 9.17) is 0 Å². The van der Waals surface area contributed by atoms with Gasteiger partial charge in [0.25, 0.3) is 5.91 Å². The number of pyridine rings is 1. The fourth-order valence-corrected chi connectivity index (χ4v) is 6.69. The van der Waals surface area contributed by atoms with Gasteiger partial charge in [-0.1, -0.05) is 12.1 Å². The minimum atomic E-state index is -4.84. The average Bonchev–Trinajstić information content (AvgIpc) is 3.82. The van der Waals surface area contributed by atoms with Crippen molar-refractivity contribution in [1.82, 2.24) is 15.2 Å². The third-order valence-electron chi connectivity index (χ3n) is 7.53. The predicted molar refractivity (Wildman–Crippen MR) is 133 cm³/mol. The topological polar surface area (TPSA) is 96.4 Å². The minimum Gasteiger partial charge on any atom is -0.347 e. The molecule has 12 heteroatoms. The number of nitrogens with one attached hydrogen (secondary N) is 1. The summed E-state index contributed by atoms with van der Waals surface area (Å²) in [5.74, 6) is -2.79. The number of nitrogens with zero attached hydrogens (tertiary/aromatic N) is 2. The Morgan fingerprint density at radius 2 is 1.85 bits per heavy atom. The van der Waals surface area contributed by atoms with E-state index in [9.17, 15) is 35.6 Å². The number of sulfone groups is 1. The maximum absolute atomic E-state index is 14.3. The van der Waals surface area contributed by atoms with Crippen LogP contribution in [0.1, 0.15) is 59.6 Å². The van der Waals surface area contributed by atoms with Gasteiger partial charge < -0.3 is 10.2 Å². The lowest BCUT2D eigenvalue weighted by Crippen LogP contribution is -2.47. The van der Waals surface area contributed by atoms with Crippen molar-refractivity contribution in [2.24, 2.45) is 11.8 Å². The molecule has 7 nitrogen and oxygen atoms in total. The Kier molecular flexibility index (Phi) is 7.02. The molecular weight excluding hydrogens is 538 g/mol. The van der Waals surface area contributed by atoms with Crippen LogP contribution >= 0.6 is 0 Å². The Bertz CT molecular complexity index is 1420. The Labute approximate surface area is 223 Å². The zero-order chi connectivity index (χ0) is 28.1. The van der Waals surface area contributed by atoms with Crippen LogP contribution in [0.5, 0.6) is 0 Å². The molecule has 2 aromatic rings. The zero-order valence-electron chi connectivity index (χ0n) is 20.8. The number of carbonyl (C=O) groups is 2. The Morgan fingerprint density at radius 1 is 1.13 bits per heavy atom. The van der Waals surface area contributed by atoms with E-state index in [1.807, 2.05) is 0 Å². The highest BCUT2D eigenvalue weighted by molar-refractivity contribution is 7.92. The lowest BCUT2D eigenvalue weighted by molar-refractivity contribution is -0.140. The van der Waals surface area contributed by atoms with Crippen LogP contribution in [0.4, 0.5) is 17.6 Å². The first-order chi connectivity index (χ1) is 18.4. The molecule has 0 radical (unpaired) electrons. The number of halogens is 4. The SMILES string of the molecule is C=C[C@@H]1C[C@H](C(=O)N[C@@H](c2ccc(C(F)(F)F)c(F)c2)C2CC2)N(C(=O)c2cncc(S(=O)(=O)C3CC3)c2)C1. The van der Waals surface area contributed by atoms with E-state index in [0.29, 0.717) is 31.7 Å².